The van der Waals surface area contributed by atoms with Crippen LogP contribution in [0.5, 0.6) is 0 Å². The Hall–Kier alpha value is -2.24. The van der Waals surface area contributed by atoms with Crippen molar-refractivity contribution >= 4 is 11.6 Å². The summed E-state index contributed by atoms with van der Waals surface area (Å²) < 4.78 is 27.6. The topological polar surface area (TPSA) is 46.9 Å². The molecule has 0 aliphatic heterocycles. The average Bonchev–Trinajstić information content (AvgIpc) is 3.26. The van der Waals surface area contributed by atoms with E-state index >= 15 is 0 Å². The van der Waals surface area contributed by atoms with E-state index in [1.807, 2.05) is 12.1 Å². The van der Waals surface area contributed by atoms with Gasteiger partial charge in [0.05, 0.1) is 6.42 Å². The molecule has 3 atom stereocenters. The van der Waals surface area contributed by atoms with E-state index in [9.17, 15) is 13.6 Å². The second-order valence-electron chi connectivity index (χ2n) is 8.16. The molecular formula is C21H25F2N3O. The zero-order valence-corrected chi connectivity index (χ0v) is 15.9. The lowest BCUT2D eigenvalue weighted by molar-refractivity contribution is -0.115. The quantitative estimate of drug-likeness (QED) is 0.819. The van der Waals surface area contributed by atoms with Crippen LogP contribution in [-0.2, 0) is 18.3 Å². The van der Waals surface area contributed by atoms with E-state index in [-0.39, 0.29) is 23.6 Å². The fourth-order valence-corrected chi connectivity index (χ4v) is 5.32. The van der Waals surface area contributed by atoms with Crippen molar-refractivity contribution in [3.05, 3.63) is 46.8 Å². The van der Waals surface area contributed by atoms with Crippen LogP contribution >= 0.6 is 0 Å². The van der Waals surface area contributed by atoms with E-state index < -0.39 is 6.43 Å². The highest BCUT2D eigenvalue weighted by molar-refractivity contribution is 5.93. The van der Waals surface area contributed by atoms with Crippen molar-refractivity contribution in [2.24, 2.45) is 18.9 Å². The number of hydrogen-bond donors (Lipinski definition) is 1. The van der Waals surface area contributed by atoms with Gasteiger partial charge in [-0.05, 0) is 53.7 Å². The first-order chi connectivity index (χ1) is 12.9. The molecule has 1 amide bonds. The van der Waals surface area contributed by atoms with Gasteiger partial charge in [-0.2, -0.15) is 5.10 Å². The lowest BCUT2D eigenvalue weighted by Gasteiger charge is -2.21. The number of aromatic nitrogens is 2. The molecule has 3 unspecified atom stereocenters. The molecular weight excluding hydrogens is 348 g/mol. The molecule has 2 aliphatic rings. The van der Waals surface area contributed by atoms with Gasteiger partial charge in [0.2, 0.25) is 5.91 Å². The minimum atomic E-state index is -2.68. The second-order valence-corrected chi connectivity index (χ2v) is 8.16. The SMILES string of the molecule is CC(C)C1C2CCC1c1c(NC(=O)Cc3cn(C)nc3C(F)F)cccc12. The molecule has 1 saturated carbocycles. The molecule has 0 radical (unpaired) electrons. The van der Waals surface area contributed by atoms with Gasteiger partial charge in [-0.3, -0.25) is 9.48 Å². The van der Waals surface area contributed by atoms with Gasteiger partial charge >= 0.3 is 0 Å². The van der Waals surface area contributed by atoms with Gasteiger partial charge in [0.15, 0.2) is 0 Å². The van der Waals surface area contributed by atoms with Gasteiger partial charge in [0.1, 0.15) is 5.69 Å². The molecule has 1 aromatic heterocycles. The Morgan fingerprint density at radius 3 is 2.74 bits per heavy atom. The first-order valence-electron chi connectivity index (χ1n) is 9.60. The highest BCUT2D eigenvalue weighted by Crippen LogP contribution is 2.61. The highest BCUT2D eigenvalue weighted by Gasteiger charge is 2.47. The van der Waals surface area contributed by atoms with Crippen molar-refractivity contribution in [3.63, 3.8) is 0 Å². The zero-order chi connectivity index (χ0) is 19.3. The molecule has 27 heavy (non-hydrogen) atoms. The van der Waals surface area contributed by atoms with Gasteiger partial charge in [0, 0.05) is 24.5 Å². The summed E-state index contributed by atoms with van der Waals surface area (Å²) in [6.45, 7) is 4.54. The number of anilines is 1. The predicted octanol–water partition coefficient (Wildman–Crippen LogP) is 4.79. The maximum atomic E-state index is 13.1. The maximum Gasteiger partial charge on any atom is 0.282 e. The highest BCUT2D eigenvalue weighted by atomic mass is 19.3. The van der Waals surface area contributed by atoms with Gasteiger partial charge in [-0.15, -0.1) is 0 Å². The predicted molar refractivity (Wildman–Crippen MR) is 100.0 cm³/mol. The number of nitrogens with one attached hydrogen (secondary N) is 1. The molecule has 2 aromatic rings. The summed E-state index contributed by atoms with van der Waals surface area (Å²) >= 11 is 0. The summed E-state index contributed by atoms with van der Waals surface area (Å²) in [7, 11) is 1.58. The molecule has 1 N–H and O–H groups in total. The van der Waals surface area contributed by atoms with Crippen molar-refractivity contribution in [3.8, 4) is 0 Å². The minimum Gasteiger partial charge on any atom is -0.326 e. The number of halogens is 2. The Balaban J connectivity index is 1.57. The summed E-state index contributed by atoms with van der Waals surface area (Å²) in [5, 5.41) is 6.76. The number of aryl methyl sites for hydroxylation is 1. The van der Waals surface area contributed by atoms with Crippen molar-refractivity contribution in [2.75, 3.05) is 5.32 Å². The van der Waals surface area contributed by atoms with Crippen LogP contribution in [0.4, 0.5) is 14.5 Å². The Morgan fingerprint density at radius 2 is 2.04 bits per heavy atom. The van der Waals surface area contributed by atoms with Crippen molar-refractivity contribution in [2.45, 2.75) is 51.4 Å². The summed E-state index contributed by atoms with van der Waals surface area (Å²) in [5.41, 5.74) is 3.43. The molecule has 0 spiro atoms. The lowest BCUT2D eigenvalue weighted by atomic mass is 9.85. The molecule has 144 valence electrons. The van der Waals surface area contributed by atoms with Gasteiger partial charge in [0.25, 0.3) is 6.43 Å². The van der Waals surface area contributed by atoms with Gasteiger partial charge in [-0.25, -0.2) is 8.78 Å². The van der Waals surface area contributed by atoms with E-state index in [1.165, 1.54) is 28.4 Å². The number of benzene rings is 1. The molecule has 2 bridgehead atoms. The summed E-state index contributed by atoms with van der Waals surface area (Å²) in [6.07, 6.45) is 1.08. The monoisotopic (exact) mass is 373 g/mol. The molecule has 1 fully saturated rings. The summed E-state index contributed by atoms with van der Waals surface area (Å²) in [4.78, 5) is 12.6. The molecule has 2 aliphatic carbocycles. The van der Waals surface area contributed by atoms with Crippen LogP contribution < -0.4 is 5.32 Å². The number of alkyl halides is 2. The molecule has 4 nitrogen and oxygen atoms in total. The normalized spacial score (nSPS) is 23.3. The number of fused-ring (bicyclic) bond motifs is 5. The van der Waals surface area contributed by atoms with E-state index in [0.29, 0.717) is 23.7 Å². The second kappa shape index (κ2) is 6.73. The Bertz CT molecular complexity index is 874. The van der Waals surface area contributed by atoms with Crippen molar-refractivity contribution < 1.29 is 13.6 Å². The zero-order valence-electron chi connectivity index (χ0n) is 15.9. The van der Waals surface area contributed by atoms with Crippen LogP contribution in [0.15, 0.2) is 24.4 Å². The third kappa shape index (κ3) is 3.05. The van der Waals surface area contributed by atoms with Crippen LogP contribution in [0.25, 0.3) is 0 Å². The average molecular weight is 373 g/mol. The number of rotatable bonds is 5. The third-order valence-corrected chi connectivity index (χ3v) is 6.17. The Kier molecular flexibility index (Phi) is 4.52. The number of nitrogens with zero attached hydrogens (tertiary/aromatic N) is 2. The molecule has 6 heteroatoms. The molecule has 0 saturated heterocycles. The van der Waals surface area contributed by atoms with Crippen molar-refractivity contribution in [1.29, 1.82) is 0 Å². The van der Waals surface area contributed by atoms with E-state index in [1.54, 1.807) is 7.05 Å². The summed E-state index contributed by atoms with van der Waals surface area (Å²) in [6, 6.07) is 6.10. The number of hydrogen-bond acceptors (Lipinski definition) is 2. The van der Waals surface area contributed by atoms with Crippen LogP contribution in [-0.4, -0.2) is 15.7 Å². The number of carbonyl (C=O) groups is 1. The minimum absolute atomic E-state index is 0.0983. The van der Waals surface area contributed by atoms with E-state index in [0.717, 1.165) is 12.1 Å². The standard InChI is InChI=1S/C21H25F2N3O/c1-11(2)18-14-7-8-15(18)19-13(14)5-4-6-16(19)24-17(27)9-12-10-26(3)25-20(12)21(22)23/h4-6,10-11,14-15,18,21H,7-9H2,1-3H3,(H,24,27). The van der Waals surface area contributed by atoms with E-state index in [2.05, 4.69) is 30.3 Å². The first kappa shape index (κ1) is 18.1. The third-order valence-electron chi connectivity index (χ3n) is 6.17. The van der Waals surface area contributed by atoms with Crippen LogP contribution in [0.1, 0.15) is 67.3 Å². The molecule has 1 aromatic carbocycles. The van der Waals surface area contributed by atoms with Crippen LogP contribution in [0.3, 0.4) is 0 Å². The fraction of sp³-hybridized carbons (Fsp3) is 0.524. The summed E-state index contributed by atoms with van der Waals surface area (Å²) in [5.74, 6) is 2.01. The number of carbonyl (C=O) groups excluding carboxylic acids is 1. The lowest BCUT2D eigenvalue weighted by Crippen LogP contribution is -2.17. The van der Waals surface area contributed by atoms with Gasteiger partial charge < -0.3 is 5.32 Å². The van der Waals surface area contributed by atoms with Crippen molar-refractivity contribution in [1.82, 2.24) is 9.78 Å². The maximum absolute atomic E-state index is 13.1. The number of amides is 1. The molecule has 1 heterocycles. The first-order valence-corrected chi connectivity index (χ1v) is 9.60. The Morgan fingerprint density at radius 1 is 1.30 bits per heavy atom. The van der Waals surface area contributed by atoms with Crippen LogP contribution in [0, 0.1) is 11.8 Å². The van der Waals surface area contributed by atoms with E-state index in [4.69, 9.17) is 0 Å². The van der Waals surface area contributed by atoms with Gasteiger partial charge in [-0.1, -0.05) is 26.0 Å². The molecule has 4 rings (SSSR count). The largest absolute Gasteiger partial charge is 0.326 e. The Labute approximate surface area is 158 Å². The smallest absolute Gasteiger partial charge is 0.282 e. The van der Waals surface area contributed by atoms with Crippen LogP contribution in [0.2, 0.25) is 0 Å². The fourth-order valence-electron chi connectivity index (χ4n) is 5.32.